The van der Waals surface area contributed by atoms with Gasteiger partial charge in [0.05, 0.1) is 6.61 Å². The van der Waals surface area contributed by atoms with Crippen molar-refractivity contribution in [2.45, 2.75) is 75.4 Å². The molecular weight excluding hydrogens is 434 g/mol. The lowest BCUT2D eigenvalue weighted by atomic mass is 9.65. The Hall–Kier alpha value is 0.0300. The van der Waals surface area contributed by atoms with Gasteiger partial charge in [0.1, 0.15) is 18.0 Å². The van der Waals surface area contributed by atoms with E-state index in [4.69, 9.17) is 4.74 Å². The third-order valence-electron chi connectivity index (χ3n) is 9.42. The van der Waals surface area contributed by atoms with Crippen LogP contribution in [-0.2, 0) is 4.74 Å². The van der Waals surface area contributed by atoms with Crippen LogP contribution >= 0.6 is 11.9 Å². The minimum atomic E-state index is 0.145. The average Bonchev–Trinajstić information content (AvgIpc) is 3.56. The van der Waals surface area contributed by atoms with Gasteiger partial charge in [0.15, 0.2) is 0 Å². The van der Waals surface area contributed by atoms with Crippen LogP contribution in [0.5, 0.6) is 0 Å². The molecule has 2 saturated carbocycles. The van der Waals surface area contributed by atoms with Gasteiger partial charge in [-0.1, -0.05) is 12.8 Å². The van der Waals surface area contributed by atoms with E-state index in [1.165, 1.54) is 71.0 Å². The SMILES string of the molecule is CN1CCOC2CC(CCN2)C2CCC3CCCC3C2NC2NNC(N2)SN2CC[C@H](C1)C2. The van der Waals surface area contributed by atoms with Gasteiger partial charge in [0, 0.05) is 32.2 Å². The Kier molecular flexibility index (Phi) is 7.50. The number of nitrogens with one attached hydrogen (secondary N) is 5. The summed E-state index contributed by atoms with van der Waals surface area (Å²) in [6, 6.07) is 0.603. The molecule has 6 aliphatic rings. The first-order valence-electron chi connectivity index (χ1n) is 13.7. The Balaban J connectivity index is 1.19. The van der Waals surface area contributed by atoms with Gasteiger partial charge in [-0.15, -0.1) is 0 Å². The molecule has 0 spiro atoms. The van der Waals surface area contributed by atoms with Crippen molar-refractivity contribution in [2.75, 3.05) is 46.4 Å². The highest BCUT2D eigenvalue weighted by Crippen LogP contribution is 2.48. The molecule has 0 radical (unpaired) electrons. The van der Waals surface area contributed by atoms with Crippen molar-refractivity contribution in [3.63, 3.8) is 0 Å². The number of hydrogen-bond donors (Lipinski definition) is 5. The van der Waals surface area contributed by atoms with E-state index in [0.717, 1.165) is 49.3 Å². The molecule has 188 valence electrons. The molecule has 0 aromatic carbocycles. The van der Waals surface area contributed by atoms with E-state index >= 15 is 0 Å². The maximum atomic E-state index is 6.40. The molecule has 6 bridgehead atoms. The summed E-state index contributed by atoms with van der Waals surface area (Å²) in [6.45, 7) is 6.49. The van der Waals surface area contributed by atoms with Gasteiger partial charge < -0.3 is 9.64 Å². The summed E-state index contributed by atoms with van der Waals surface area (Å²) in [5.41, 5.74) is 7.29. The Morgan fingerprint density at radius 3 is 2.79 bits per heavy atom. The summed E-state index contributed by atoms with van der Waals surface area (Å²) < 4.78 is 8.95. The Bertz CT molecular complexity index is 658. The van der Waals surface area contributed by atoms with Crippen molar-refractivity contribution in [3.8, 4) is 0 Å². The second-order valence-electron chi connectivity index (χ2n) is 11.6. The highest BCUT2D eigenvalue weighted by atomic mass is 32.2. The van der Waals surface area contributed by atoms with Gasteiger partial charge in [-0.2, -0.15) is 0 Å². The third-order valence-corrected chi connectivity index (χ3v) is 10.5. The zero-order valence-electron chi connectivity index (χ0n) is 20.3. The van der Waals surface area contributed by atoms with Crippen molar-refractivity contribution in [1.82, 2.24) is 36.0 Å². The van der Waals surface area contributed by atoms with E-state index in [0.29, 0.717) is 6.04 Å². The molecule has 0 aromatic heterocycles. The van der Waals surface area contributed by atoms with E-state index in [1.54, 1.807) is 0 Å². The largest absolute Gasteiger partial charge is 0.362 e. The van der Waals surface area contributed by atoms with Crippen molar-refractivity contribution in [1.29, 1.82) is 0 Å². The summed E-state index contributed by atoms with van der Waals surface area (Å²) in [7, 11) is 2.26. The first-order chi connectivity index (χ1) is 16.2. The monoisotopic (exact) mass is 479 g/mol. The van der Waals surface area contributed by atoms with Crippen LogP contribution in [0, 0.1) is 29.6 Å². The summed E-state index contributed by atoms with van der Waals surface area (Å²) in [5, 5.41) is 11.6. The van der Waals surface area contributed by atoms with E-state index in [9.17, 15) is 0 Å². The first kappa shape index (κ1) is 23.4. The topological polar surface area (TPSA) is 75.9 Å². The molecule has 6 rings (SSSR count). The smallest absolute Gasteiger partial charge is 0.135 e. The molecule has 10 atom stereocenters. The number of nitrogens with zero attached hydrogens (tertiary/aromatic N) is 2. The lowest BCUT2D eigenvalue weighted by Gasteiger charge is -2.47. The second kappa shape index (κ2) is 10.6. The van der Waals surface area contributed by atoms with Crippen LogP contribution in [0.1, 0.15) is 51.4 Å². The van der Waals surface area contributed by atoms with Gasteiger partial charge in [-0.25, -0.2) is 15.2 Å². The van der Waals surface area contributed by atoms with E-state index in [-0.39, 0.29) is 18.0 Å². The highest BCUT2D eigenvalue weighted by Gasteiger charge is 2.46. The van der Waals surface area contributed by atoms with Gasteiger partial charge in [-0.05, 0) is 93.7 Å². The van der Waals surface area contributed by atoms with Gasteiger partial charge >= 0.3 is 0 Å². The molecular formula is C24H45N7OS. The van der Waals surface area contributed by atoms with Crippen LogP contribution in [0.2, 0.25) is 0 Å². The fourth-order valence-corrected chi connectivity index (χ4v) is 8.93. The summed E-state index contributed by atoms with van der Waals surface area (Å²) in [4.78, 5) is 2.48. The van der Waals surface area contributed by atoms with Crippen LogP contribution in [0.3, 0.4) is 0 Å². The molecule has 0 amide bonds. The van der Waals surface area contributed by atoms with Gasteiger partial charge in [-0.3, -0.25) is 16.0 Å². The predicted octanol–water partition coefficient (Wildman–Crippen LogP) is 1.29. The third kappa shape index (κ3) is 5.42. The summed E-state index contributed by atoms with van der Waals surface area (Å²) >= 11 is 1.94. The van der Waals surface area contributed by atoms with Crippen LogP contribution in [0.25, 0.3) is 0 Å². The Morgan fingerprint density at radius 1 is 0.879 bits per heavy atom. The first-order valence-corrected chi connectivity index (χ1v) is 14.5. The highest BCUT2D eigenvalue weighted by molar-refractivity contribution is 7.97. The molecule has 9 heteroatoms. The van der Waals surface area contributed by atoms with Crippen LogP contribution in [0.4, 0.5) is 0 Å². The number of hydrazine groups is 1. The minimum Gasteiger partial charge on any atom is -0.362 e. The zero-order chi connectivity index (χ0) is 22.2. The maximum Gasteiger partial charge on any atom is 0.135 e. The second-order valence-corrected chi connectivity index (χ2v) is 12.8. The molecule has 2 aliphatic carbocycles. The number of ether oxygens (including phenoxy) is 1. The van der Waals surface area contributed by atoms with Gasteiger partial charge in [0.25, 0.3) is 0 Å². The van der Waals surface area contributed by atoms with E-state index in [2.05, 4.69) is 43.1 Å². The predicted molar refractivity (Wildman–Crippen MR) is 133 cm³/mol. The van der Waals surface area contributed by atoms with Crippen molar-refractivity contribution in [3.05, 3.63) is 0 Å². The molecule has 33 heavy (non-hydrogen) atoms. The maximum absolute atomic E-state index is 6.40. The number of likely N-dealkylation sites (N-methyl/N-ethyl adjacent to an activating group) is 1. The molecule has 6 fully saturated rings. The number of rotatable bonds is 0. The molecule has 4 aliphatic heterocycles. The minimum absolute atomic E-state index is 0.145. The summed E-state index contributed by atoms with van der Waals surface area (Å²) in [6.07, 6.45) is 11.2. The Morgan fingerprint density at radius 2 is 1.82 bits per heavy atom. The van der Waals surface area contributed by atoms with E-state index in [1.807, 2.05) is 11.9 Å². The normalized spacial score (nSPS) is 49.7. The van der Waals surface area contributed by atoms with Gasteiger partial charge in [0.2, 0.25) is 0 Å². The van der Waals surface area contributed by atoms with Crippen molar-refractivity contribution < 1.29 is 4.74 Å². The molecule has 8 nitrogen and oxygen atoms in total. The lowest BCUT2D eigenvalue weighted by molar-refractivity contribution is -0.0314. The molecule has 9 unspecified atom stereocenters. The fraction of sp³-hybridized carbons (Fsp3) is 1.00. The standard InChI is InChI=1S/C24H45N7OS/c1-30-11-12-32-21-13-18(7-9-25-21)20-6-5-17-3-2-4-19(17)22(20)26-23-27-24(29-28-23)33-31-10-8-16(14-30)15-31/h16-29H,2-15H2,1H3/t16-,17?,18?,19?,20?,21?,22?,23?,24?/m1/s1. The van der Waals surface area contributed by atoms with Crippen molar-refractivity contribution in [2.24, 2.45) is 29.6 Å². The van der Waals surface area contributed by atoms with E-state index < -0.39 is 0 Å². The lowest BCUT2D eigenvalue weighted by Crippen LogP contribution is -2.59. The summed E-state index contributed by atoms with van der Waals surface area (Å²) in [5.74, 6) is 4.04. The number of hydrogen-bond acceptors (Lipinski definition) is 9. The average molecular weight is 480 g/mol. The number of fused-ring (bicyclic) bond motifs is 10. The quantitative estimate of drug-likeness (QED) is 0.331. The zero-order valence-corrected chi connectivity index (χ0v) is 21.1. The van der Waals surface area contributed by atoms with Crippen LogP contribution < -0.4 is 26.8 Å². The molecule has 0 aromatic rings. The molecule has 5 N–H and O–H groups in total. The van der Waals surface area contributed by atoms with Crippen molar-refractivity contribution >= 4 is 11.9 Å². The number of piperidine rings is 1. The fourth-order valence-electron chi connectivity index (χ4n) is 7.80. The molecule has 4 saturated heterocycles. The Labute approximate surface area is 204 Å². The molecule has 4 heterocycles. The van der Waals surface area contributed by atoms with Crippen LogP contribution in [0.15, 0.2) is 0 Å². The van der Waals surface area contributed by atoms with Crippen LogP contribution in [-0.4, -0.2) is 79.6 Å².